The first kappa shape index (κ1) is 18.9. The average molecular weight is 396 g/mol. The zero-order valence-corrected chi connectivity index (χ0v) is 16.9. The van der Waals surface area contributed by atoms with E-state index in [2.05, 4.69) is 41.0 Å². The fourth-order valence-corrected chi connectivity index (χ4v) is 4.13. The average Bonchev–Trinajstić information content (AvgIpc) is 2.88. The zero-order chi connectivity index (χ0) is 19.5. The fourth-order valence-electron chi connectivity index (χ4n) is 3.94. The normalized spacial score (nSPS) is 21.1. The monoisotopic (exact) mass is 395 g/mol. The minimum Gasteiger partial charge on any atom is -0.401 e. The number of nitrogens with one attached hydrogen (secondary N) is 2. The highest BCUT2D eigenvalue weighted by molar-refractivity contribution is 6.30. The maximum Gasteiger partial charge on any atom is 0.0653 e. The predicted octanol–water partition coefficient (Wildman–Crippen LogP) is 4.94. The molecule has 0 radical (unpaired) electrons. The van der Waals surface area contributed by atoms with E-state index in [-0.39, 0.29) is 6.04 Å². The number of ether oxygens (including phenoxy) is 1. The lowest BCUT2D eigenvalue weighted by Gasteiger charge is -2.23. The van der Waals surface area contributed by atoms with Crippen LogP contribution in [0.4, 0.5) is 5.69 Å². The van der Waals surface area contributed by atoms with Gasteiger partial charge in [-0.1, -0.05) is 35.9 Å². The molecule has 2 aromatic carbocycles. The predicted molar refractivity (Wildman–Crippen MR) is 117 cm³/mol. The van der Waals surface area contributed by atoms with E-state index in [4.69, 9.17) is 22.1 Å². The van der Waals surface area contributed by atoms with Crippen molar-refractivity contribution in [1.82, 2.24) is 5.32 Å². The Bertz CT molecular complexity index is 931. The molecule has 4 N–H and O–H groups in total. The molecule has 0 saturated carbocycles. The third-order valence-electron chi connectivity index (χ3n) is 5.33. The van der Waals surface area contributed by atoms with Gasteiger partial charge in [0, 0.05) is 28.5 Å². The molecule has 2 aliphatic rings. The van der Waals surface area contributed by atoms with Gasteiger partial charge in [0.1, 0.15) is 0 Å². The summed E-state index contributed by atoms with van der Waals surface area (Å²) < 4.78 is 5.48. The standard InChI is InChI=1S/C23H26ClN3O/c1-15(25)23-20-6-5-17(16-8-11-28-12-9-16)13-21(20)22(7-10-26-23)27-19-4-2-3-18(24)14-19/h2-6,8,13-14,22,26-27H,7,9-12,25H2,1H3/b23-15-. The Kier molecular flexibility index (Phi) is 5.60. The molecule has 0 aliphatic carbocycles. The zero-order valence-electron chi connectivity index (χ0n) is 16.1. The third-order valence-corrected chi connectivity index (χ3v) is 5.56. The van der Waals surface area contributed by atoms with Crippen LogP contribution in [0.25, 0.3) is 11.3 Å². The number of allylic oxidation sites excluding steroid dienone is 1. The van der Waals surface area contributed by atoms with Crippen LogP contribution < -0.4 is 16.4 Å². The summed E-state index contributed by atoms with van der Waals surface area (Å²) in [7, 11) is 0. The van der Waals surface area contributed by atoms with Gasteiger partial charge in [0.25, 0.3) is 0 Å². The van der Waals surface area contributed by atoms with Crippen LogP contribution in [0.2, 0.25) is 5.02 Å². The van der Waals surface area contributed by atoms with Crippen LogP contribution in [0, 0.1) is 0 Å². The molecule has 2 aromatic rings. The van der Waals surface area contributed by atoms with Gasteiger partial charge in [0.2, 0.25) is 0 Å². The second-order valence-electron chi connectivity index (χ2n) is 7.34. The van der Waals surface area contributed by atoms with Crippen LogP contribution in [0.5, 0.6) is 0 Å². The number of halogens is 1. The molecule has 0 aromatic heterocycles. The number of anilines is 1. The second-order valence-corrected chi connectivity index (χ2v) is 7.77. The smallest absolute Gasteiger partial charge is 0.0653 e. The van der Waals surface area contributed by atoms with Crippen LogP contribution in [-0.2, 0) is 4.74 Å². The summed E-state index contributed by atoms with van der Waals surface area (Å²) in [4.78, 5) is 0. The lowest BCUT2D eigenvalue weighted by Crippen LogP contribution is -2.16. The Hall–Kier alpha value is -2.43. The van der Waals surface area contributed by atoms with Crippen LogP contribution >= 0.6 is 11.6 Å². The molecule has 28 heavy (non-hydrogen) atoms. The Balaban J connectivity index is 1.77. The van der Waals surface area contributed by atoms with E-state index in [1.165, 1.54) is 16.7 Å². The molecule has 146 valence electrons. The van der Waals surface area contributed by atoms with Gasteiger partial charge in [-0.2, -0.15) is 0 Å². The fraction of sp³-hybridized carbons (Fsp3) is 0.304. The van der Waals surface area contributed by atoms with Gasteiger partial charge in [-0.3, -0.25) is 0 Å². The van der Waals surface area contributed by atoms with Gasteiger partial charge in [-0.15, -0.1) is 0 Å². The molecule has 4 rings (SSSR count). The number of rotatable bonds is 3. The topological polar surface area (TPSA) is 59.3 Å². The maximum atomic E-state index is 6.20. The van der Waals surface area contributed by atoms with Gasteiger partial charge in [0.15, 0.2) is 0 Å². The van der Waals surface area contributed by atoms with Gasteiger partial charge < -0.3 is 21.1 Å². The Morgan fingerprint density at radius 3 is 2.89 bits per heavy atom. The van der Waals surface area contributed by atoms with Crippen LogP contribution in [0.1, 0.15) is 42.5 Å². The largest absolute Gasteiger partial charge is 0.401 e. The minimum atomic E-state index is 0.165. The molecular weight excluding hydrogens is 370 g/mol. The molecule has 5 heteroatoms. The summed E-state index contributed by atoms with van der Waals surface area (Å²) in [5.41, 5.74) is 14.1. The molecule has 4 nitrogen and oxygen atoms in total. The third kappa shape index (κ3) is 4.03. The van der Waals surface area contributed by atoms with E-state index >= 15 is 0 Å². The highest BCUT2D eigenvalue weighted by Crippen LogP contribution is 2.35. The summed E-state index contributed by atoms with van der Waals surface area (Å²) in [5, 5.41) is 7.93. The molecule has 0 bridgehead atoms. The van der Waals surface area contributed by atoms with Crippen molar-refractivity contribution in [3.05, 3.63) is 76.0 Å². The Morgan fingerprint density at radius 2 is 2.14 bits per heavy atom. The van der Waals surface area contributed by atoms with E-state index in [9.17, 15) is 0 Å². The Morgan fingerprint density at radius 1 is 1.25 bits per heavy atom. The van der Waals surface area contributed by atoms with Crippen LogP contribution in [0.15, 0.2) is 54.2 Å². The van der Waals surface area contributed by atoms with Gasteiger partial charge in [-0.25, -0.2) is 0 Å². The lowest BCUT2D eigenvalue weighted by molar-refractivity contribution is 0.161. The summed E-state index contributed by atoms with van der Waals surface area (Å²) in [5.74, 6) is 0. The number of hydrogen-bond acceptors (Lipinski definition) is 4. The Labute approximate surface area is 171 Å². The van der Waals surface area contributed by atoms with Crippen LogP contribution in [-0.4, -0.2) is 19.8 Å². The van der Waals surface area contributed by atoms with Gasteiger partial charge >= 0.3 is 0 Å². The van der Waals surface area contributed by atoms with Gasteiger partial charge in [-0.05, 0) is 60.7 Å². The molecule has 1 atom stereocenters. The molecule has 1 unspecified atom stereocenters. The van der Waals surface area contributed by atoms with E-state index < -0.39 is 0 Å². The number of hydrogen-bond donors (Lipinski definition) is 3. The summed E-state index contributed by atoms with van der Waals surface area (Å²) in [6.07, 6.45) is 4.08. The van der Waals surface area contributed by atoms with Crippen molar-refractivity contribution in [3.63, 3.8) is 0 Å². The summed E-state index contributed by atoms with van der Waals surface area (Å²) >= 11 is 6.19. The maximum absolute atomic E-state index is 6.20. The molecule has 0 spiro atoms. The van der Waals surface area contributed by atoms with Gasteiger partial charge in [0.05, 0.1) is 25.0 Å². The van der Waals surface area contributed by atoms with Crippen molar-refractivity contribution >= 4 is 28.6 Å². The first-order valence-corrected chi connectivity index (χ1v) is 10.1. The lowest BCUT2D eigenvalue weighted by atomic mass is 9.91. The van der Waals surface area contributed by atoms with Crippen LogP contribution in [0.3, 0.4) is 0 Å². The first-order valence-electron chi connectivity index (χ1n) is 9.75. The molecule has 2 heterocycles. The van der Waals surface area contributed by atoms with E-state index in [0.29, 0.717) is 6.61 Å². The first-order chi connectivity index (χ1) is 13.6. The van der Waals surface area contributed by atoms with E-state index in [1.807, 2.05) is 25.1 Å². The molecule has 0 saturated heterocycles. The summed E-state index contributed by atoms with van der Waals surface area (Å²) in [6, 6.07) is 14.8. The van der Waals surface area contributed by atoms with Crippen molar-refractivity contribution in [2.45, 2.75) is 25.8 Å². The number of fused-ring (bicyclic) bond motifs is 1. The van der Waals surface area contributed by atoms with E-state index in [0.717, 1.165) is 53.7 Å². The second kappa shape index (κ2) is 8.29. The molecule has 0 amide bonds. The molecule has 0 fully saturated rings. The summed E-state index contributed by atoms with van der Waals surface area (Å²) in [6.45, 7) is 4.27. The quantitative estimate of drug-likeness (QED) is 0.689. The van der Waals surface area contributed by atoms with Crippen molar-refractivity contribution in [2.24, 2.45) is 5.73 Å². The number of nitrogens with two attached hydrogens (primary N) is 1. The highest BCUT2D eigenvalue weighted by atomic mass is 35.5. The van der Waals surface area contributed by atoms with E-state index in [1.54, 1.807) is 0 Å². The highest BCUT2D eigenvalue weighted by Gasteiger charge is 2.23. The SMILES string of the molecule is C/C(N)=C1/NCCC(Nc2cccc(Cl)c2)c2cc(C3=CCOCC3)ccc21. The van der Waals surface area contributed by atoms with Crippen molar-refractivity contribution in [2.75, 3.05) is 25.1 Å². The van der Waals surface area contributed by atoms with Crippen molar-refractivity contribution in [1.29, 1.82) is 0 Å². The number of benzene rings is 2. The minimum absolute atomic E-state index is 0.165. The molecular formula is C23H26ClN3O. The van der Waals surface area contributed by atoms with Crippen molar-refractivity contribution in [3.8, 4) is 0 Å². The van der Waals surface area contributed by atoms with Crippen molar-refractivity contribution < 1.29 is 4.74 Å². The molecule has 2 aliphatic heterocycles.